The van der Waals surface area contributed by atoms with Crippen LogP contribution in [0.15, 0.2) is 47.6 Å². The van der Waals surface area contributed by atoms with Crippen LogP contribution in [0.1, 0.15) is 5.56 Å². The molecule has 1 N–H and O–H groups in total. The minimum Gasteiger partial charge on any atom is -0.497 e. The van der Waals surface area contributed by atoms with Crippen molar-refractivity contribution in [2.75, 3.05) is 19.6 Å². The number of hydrazone groups is 1. The molecule has 0 fully saturated rings. The van der Waals surface area contributed by atoms with E-state index < -0.39 is 0 Å². The first-order valence-corrected chi connectivity index (χ1v) is 6.37. The standard InChI is InChI=1S/C15H15ClN2O2/c1-19-14-8-3-11(15(9-14)20-2)10-17-18-13-6-4-12(16)5-7-13/h3-10,18H,1-2H3/b17-10-. The van der Waals surface area contributed by atoms with Gasteiger partial charge in [0.05, 0.1) is 26.1 Å². The molecule has 0 unspecified atom stereocenters. The van der Waals surface area contributed by atoms with Gasteiger partial charge in [0.2, 0.25) is 0 Å². The second kappa shape index (κ2) is 6.82. The lowest BCUT2D eigenvalue weighted by Gasteiger charge is -2.07. The Morgan fingerprint density at radius 2 is 1.80 bits per heavy atom. The third-order valence-electron chi connectivity index (χ3n) is 2.68. The highest BCUT2D eigenvalue weighted by Crippen LogP contribution is 2.23. The summed E-state index contributed by atoms with van der Waals surface area (Å²) in [7, 11) is 3.23. The van der Waals surface area contributed by atoms with Crippen LogP contribution >= 0.6 is 11.6 Å². The third kappa shape index (κ3) is 3.65. The number of methoxy groups -OCH3 is 2. The summed E-state index contributed by atoms with van der Waals surface area (Å²) in [5.74, 6) is 1.44. The maximum Gasteiger partial charge on any atom is 0.131 e. The summed E-state index contributed by atoms with van der Waals surface area (Å²) in [5.41, 5.74) is 4.64. The monoisotopic (exact) mass is 290 g/mol. The molecule has 0 saturated heterocycles. The summed E-state index contributed by atoms with van der Waals surface area (Å²) in [6, 6.07) is 12.8. The Morgan fingerprint density at radius 3 is 2.45 bits per heavy atom. The summed E-state index contributed by atoms with van der Waals surface area (Å²) in [5, 5.41) is 4.86. The number of nitrogens with one attached hydrogen (secondary N) is 1. The lowest BCUT2D eigenvalue weighted by Crippen LogP contribution is -1.95. The van der Waals surface area contributed by atoms with E-state index in [2.05, 4.69) is 10.5 Å². The van der Waals surface area contributed by atoms with E-state index in [1.54, 1.807) is 32.6 Å². The van der Waals surface area contributed by atoms with Gasteiger partial charge >= 0.3 is 0 Å². The second-order valence-corrected chi connectivity index (χ2v) is 4.42. The van der Waals surface area contributed by atoms with E-state index >= 15 is 0 Å². The number of hydrogen-bond donors (Lipinski definition) is 1. The predicted octanol–water partition coefficient (Wildman–Crippen LogP) is 3.80. The first-order chi connectivity index (χ1) is 9.72. The molecule has 104 valence electrons. The molecular weight excluding hydrogens is 276 g/mol. The molecule has 5 heteroatoms. The van der Waals surface area contributed by atoms with Crippen LogP contribution in [0.2, 0.25) is 5.02 Å². The molecule has 4 nitrogen and oxygen atoms in total. The molecule has 0 aliphatic heterocycles. The molecule has 0 spiro atoms. The minimum atomic E-state index is 0.691. The van der Waals surface area contributed by atoms with Crippen molar-refractivity contribution in [1.29, 1.82) is 0 Å². The van der Waals surface area contributed by atoms with Crippen molar-refractivity contribution in [3.8, 4) is 11.5 Å². The smallest absolute Gasteiger partial charge is 0.131 e. The molecule has 0 amide bonds. The van der Waals surface area contributed by atoms with Gasteiger partial charge in [-0.15, -0.1) is 0 Å². The van der Waals surface area contributed by atoms with Crippen molar-refractivity contribution in [3.05, 3.63) is 53.1 Å². The van der Waals surface area contributed by atoms with Gasteiger partial charge in [0.15, 0.2) is 0 Å². The normalized spacial score (nSPS) is 10.6. The molecule has 0 aliphatic rings. The van der Waals surface area contributed by atoms with E-state index in [0.29, 0.717) is 10.8 Å². The van der Waals surface area contributed by atoms with Crippen LogP contribution in [-0.4, -0.2) is 20.4 Å². The fourth-order valence-corrected chi connectivity index (χ4v) is 1.75. The molecule has 0 radical (unpaired) electrons. The topological polar surface area (TPSA) is 42.8 Å². The van der Waals surface area contributed by atoms with E-state index in [1.807, 2.05) is 30.3 Å². The van der Waals surface area contributed by atoms with Gasteiger partial charge in [-0.2, -0.15) is 5.10 Å². The number of ether oxygens (including phenoxy) is 2. The van der Waals surface area contributed by atoms with Crippen LogP contribution in [0.5, 0.6) is 11.5 Å². The van der Waals surface area contributed by atoms with Crippen molar-refractivity contribution < 1.29 is 9.47 Å². The Balaban J connectivity index is 2.09. The largest absolute Gasteiger partial charge is 0.497 e. The zero-order chi connectivity index (χ0) is 14.4. The van der Waals surface area contributed by atoms with Crippen LogP contribution < -0.4 is 14.9 Å². The molecule has 2 aromatic carbocycles. The van der Waals surface area contributed by atoms with Crippen LogP contribution in [0.25, 0.3) is 0 Å². The van der Waals surface area contributed by atoms with Gasteiger partial charge < -0.3 is 9.47 Å². The summed E-state index contributed by atoms with van der Waals surface area (Å²) in [6.07, 6.45) is 1.69. The fraction of sp³-hybridized carbons (Fsp3) is 0.133. The average molecular weight is 291 g/mol. The van der Waals surface area contributed by atoms with Crippen molar-refractivity contribution >= 4 is 23.5 Å². The lowest BCUT2D eigenvalue weighted by molar-refractivity contribution is 0.394. The van der Waals surface area contributed by atoms with E-state index in [-0.39, 0.29) is 0 Å². The molecule has 0 saturated carbocycles. The summed E-state index contributed by atoms with van der Waals surface area (Å²) in [4.78, 5) is 0. The van der Waals surface area contributed by atoms with Gasteiger partial charge in [-0.3, -0.25) is 5.43 Å². The molecular formula is C15H15ClN2O2. The van der Waals surface area contributed by atoms with Gasteiger partial charge in [0.25, 0.3) is 0 Å². The van der Waals surface area contributed by atoms with E-state index in [4.69, 9.17) is 21.1 Å². The van der Waals surface area contributed by atoms with Crippen molar-refractivity contribution in [3.63, 3.8) is 0 Å². The summed E-state index contributed by atoms with van der Waals surface area (Å²) < 4.78 is 10.4. The van der Waals surface area contributed by atoms with Gasteiger partial charge in [0, 0.05) is 16.7 Å². The number of hydrogen-bond acceptors (Lipinski definition) is 4. The van der Waals surface area contributed by atoms with Crippen LogP contribution in [0.4, 0.5) is 5.69 Å². The van der Waals surface area contributed by atoms with Gasteiger partial charge in [-0.25, -0.2) is 0 Å². The van der Waals surface area contributed by atoms with E-state index in [0.717, 1.165) is 17.0 Å². The lowest BCUT2D eigenvalue weighted by atomic mass is 10.2. The fourth-order valence-electron chi connectivity index (χ4n) is 1.63. The summed E-state index contributed by atoms with van der Waals surface area (Å²) >= 11 is 5.82. The van der Waals surface area contributed by atoms with Crippen molar-refractivity contribution in [1.82, 2.24) is 0 Å². The maximum atomic E-state index is 5.82. The van der Waals surface area contributed by atoms with Gasteiger partial charge in [0.1, 0.15) is 11.5 Å². The quantitative estimate of drug-likeness (QED) is 0.673. The first-order valence-electron chi connectivity index (χ1n) is 5.99. The summed E-state index contributed by atoms with van der Waals surface area (Å²) in [6.45, 7) is 0. The number of nitrogens with zero attached hydrogens (tertiary/aromatic N) is 1. The number of benzene rings is 2. The molecule has 2 aromatic rings. The van der Waals surface area contributed by atoms with Gasteiger partial charge in [-0.05, 0) is 36.4 Å². The third-order valence-corrected chi connectivity index (χ3v) is 2.93. The molecule has 0 heterocycles. The van der Waals surface area contributed by atoms with Crippen molar-refractivity contribution in [2.45, 2.75) is 0 Å². The van der Waals surface area contributed by atoms with Crippen molar-refractivity contribution in [2.24, 2.45) is 5.10 Å². The predicted molar refractivity (Wildman–Crippen MR) is 82.2 cm³/mol. The Kier molecular flexibility index (Phi) is 4.85. The maximum absolute atomic E-state index is 5.82. The van der Waals surface area contributed by atoms with E-state index in [1.165, 1.54) is 0 Å². The molecule has 0 atom stereocenters. The molecule has 20 heavy (non-hydrogen) atoms. The highest BCUT2D eigenvalue weighted by atomic mass is 35.5. The van der Waals surface area contributed by atoms with E-state index in [9.17, 15) is 0 Å². The Hall–Kier alpha value is -2.20. The highest BCUT2D eigenvalue weighted by Gasteiger charge is 2.02. The second-order valence-electron chi connectivity index (χ2n) is 3.98. The highest BCUT2D eigenvalue weighted by molar-refractivity contribution is 6.30. The van der Waals surface area contributed by atoms with Crippen LogP contribution in [0.3, 0.4) is 0 Å². The number of anilines is 1. The molecule has 2 rings (SSSR count). The Bertz CT molecular complexity index is 597. The number of halogens is 1. The Morgan fingerprint density at radius 1 is 1.05 bits per heavy atom. The zero-order valence-corrected chi connectivity index (χ0v) is 12.0. The van der Waals surface area contributed by atoms with Crippen LogP contribution in [-0.2, 0) is 0 Å². The zero-order valence-electron chi connectivity index (χ0n) is 11.3. The average Bonchev–Trinajstić information content (AvgIpc) is 2.49. The molecule has 0 bridgehead atoms. The first kappa shape index (κ1) is 14.2. The van der Waals surface area contributed by atoms with Crippen LogP contribution in [0, 0.1) is 0 Å². The molecule has 0 aliphatic carbocycles. The Labute approximate surface area is 123 Å². The minimum absolute atomic E-state index is 0.691. The number of rotatable bonds is 5. The molecule has 0 aromatic heterocycles. The SMILES string of the molecule is COc1ccc(/C=N\Nc2ccc(Cl)cc2)c(OC)c1. The van der Waals surface area contributed by atoms with Gasteiger partial charge in [-0.1, -0.05) is 11.6 Å².